The Labute approximate surface area is 138 Å². The van der Waals surface area contributed by atoms with Crippen molar-refractivity contribution in [1.29, 1.82) is 0 Å². The number of hydrogen-bond donors (Lipinski definition) is 2. The van der Waals surface area contributed by atoms with Crippen LogP contribution in [0.5, 0.6) is 5.75 Å². The highest BCUT2D eigenvalue weighted by atomic mass is 32.2. The van der Waals surface area contributed by atoms with Gasteiger partial charge < -0.3 is 15.7 Å². The summed E-state index contributed by atoms with van der Waals surface area (Å²) in [5, 5.41) is 0. The smallest absolute Gasteiger partial charge is 0.306 e. The minimum Gasteiger partial charge on any atom is -0.383 e. The minimum atomic E-state index is -3.50. The SMILES string of the molecule is Cc1cc(CCC2(CCN=C(N)N)CC2)cc(OS(C)(=O)=O)c1. The molecular formula is C16H25N3O3S. The summed E-state index contributed by atoms with van der Waals surface area (Å²) >= 11 is 0. The van der Waals surface area contributed by atoms with Gasteiger partial charge in [-0.15, -0.1) is 0 Å². The van der Waals surface area contributed by atoms with E-state index in [1.807, 2.05) is 6.92 Å². The molecule has 1 fully saturated rings. The molecule has 0 bridgehead atoms. The summed E-state index contributed by atoms with van der Waals surface area (Å²) in [6.07, 6.45) is 6.39. The van der Waals surface area contributed by atoms with Crippen LogP contribution in [0.2, 0.25) is 0 Å². The normalized spacial score (nSPS) is 15.9. The monoisotopic (exact) mass is 339 g/mol. The van der Waals surface area contributed by atoms with Gasteiger partial charge in [0.25, 0.3) is 0 Å². The van der Waals surface area contributed by atoms with E-state index in [0.29, 0.717) is 17.7 Å². The van der Waals surface area contributed by atoms with Gasteiger partial charge in [0.05, 0.1) is 6.26 Å². The second-order valence-corrected chi connectivity index (χ2v) is 8.07. The Morgan fingerprint density at radius 1 is 1.26 bits per heavy atom. The Bertz CT molecular complexity index is 691. The zero-order valence-corrected chi connectivity index (χ0v) is 14.5. The summed E-state index contributed by atoms with van der Waals surface area (Å²) in [6, 6.07) is 5.61. The molecule has 0 heterocycles. The Hall–Kier alpha value is -1.76. The van der Waals surface area contributed by atoms with Crippen LogP contribution in [0.25, 0.3) is 0 Å². The van der Waals surface area contributed by atoms with E-state index >= 15 is 0 Å². The van der Waals surface area contributed by atoms with E-state index < -0.39 is 10.1 Å². The van der Waals surface area contributed by atoms with Crippen LogP contribution in [0.15, 0.2) is 23.2 Å². The van der Waals surface area contributed by atoms with Crippen LogP contribution in [0.4, 0.5) is 0 Å². The molecule has 1 aromatic carbocycles. The molecule has 128 valence electrons. The highest BCUT2D eigenvalue weighted by Gasteiger charge is 2.41. The first kappa shape index (κ1) is 17.6. The van der Waals surface area contributed by atoms with Gasteiger partial charge in [0.15, 0.2) is 5.96 Å². The number of aliphatic imine (C=N–C) groups is 1. The fraction of sp³-hybridized carbons (Fsp3) is 0.562. The molecule has 6 nitrogen and oxygen atoms in total. The summed E-state index contributed by atoms with van der Waals surface area (Å²) in [5.74, 6) is 0.523. The van der Waals surface area contributed by atoms with Gasteiger partial charge in [-0.25, -0.2) is 0 Å². The van der Waals surface area contributed by atoms with Crippen LogP contribution < -0.4 is 15.7 Å². The molecule has 23 heavy (non-hydrogen) atoms. The molecule has 1 aliphatic rings. The average molecular weight is 339 g/mol. The van der Waals surface area contributed by atoms with Gasteiger partial charge in [-0.2, -0.15) is 8.42 Å². The number of benzene rings is 1. The van der Waals surface area contributed by atoms with Crippen LogP contribution in [0.3, 0.4) is 0 Å². The van der Waals surface area contributed by atoms with E-state index in [0.717, 1.165) is 36.6 Å². The second kappa shape index (κ2) is 6.78. The largest absolute Gasteiger partial charge is 0.383 e. The lowest BCUT2D eigenvalue weighted by molar-refractivity contribution is 0.436. The minimum absolute atomic E-state index is 0.141. The van der Waals surface area contributed by atoms with Crippen molar-refractivity contribution in [3.63, 3.8) is 0 Å². The number of guanidine groups is 1. The van der Waals surface area contributed by atoms with E-state index in [4.69, 9.17) is 15.7 Å². The summed E-state index contributed by atoms with van der Waals surface area (Å²) in [5.41, 5.74) is 13.1. The van der Waals surface area contributed by atoms with Crippen LogP contribution in [0, 0.1) is 12.3 Å². The fourth-order valence-corrected chi connectivity index (χ4v) is 3.27. The number of nitrogens with zero attached hydrogens (tertiary/aromatic N) is 1. The van der Waals surface area contributed by atoms with Gasteiger partial charge in [0, 0.05) is 6.54 Å². The number of nitrogens with two attached hydrogens (primary N) is 2. The Morgan fingerprint density at radius 3 is 2.52 bits per heavy atom. The van der Waals surface area contributed by atoms with Crippen molar-refractivity contribution in [2.45, 2.75) is 39.0 Å². The predicted octanol–water partition coefficient (Wildman–Crippen LogP) is 1.71. The number of hydrogen-bond acceptors (Lipinski definition) is 4. The Morgan fingerprint density at radius 2 is 1.96 bits per heavy atom. The van der Waals surface area contributed by atoms with Gasteiger partial charge in [-0.05, 0) is 67.7 Å². The van der Waals surface area contributed by atoms with Crippen molar-refractivity contribution < 1.29 is 12.6 Å². The van der Waals surface area contributed by atoms with Crippen molar-refractivity contribution in [2.24, 2.45) is 21.9 Å². The quantitative estimate of drug-likeness (QED) is 0.426. The molecule has 7 heteroatoms. The topological polar surface area (TPSA) is 108 Å². The molecule has 0 amide bonds. The maximum absolute atomic E-state index is 11.3. The van der Waals surface area contributed by atoms with Crippen molar-refractivity contribution >= 4 is 16.1 Å². The first-order valence-corrected chi connectivity index (χ1v) is 9.55. The number of aryl methyl sites for hydroxylation is 2. The summed E-state index contributed by atoms with van der Waals surface area (Å²) < 4.78 is 27.5. The van der Waals surface area contributed by atoms with Crippen LogP contribution in [-0.4, -0.2) is 27.2 Å². The Kier molecular flexibility index (Phi) is 5.19. The van der Waals surface area contributed by atoms with E-state index in [1.165, 1.54) is 12.8 Å². The van der Waals surface area contributed by atoms with Crippen LogP contribution in [-0.2, 0) is 16.5 Å². The molecule has 1 aliphatic carbocycles. The molecule has 0 unspecified atom stereocenters. The van der Waals surface area contributed by atoms with E-state index in [9.17, 15) is 8.42 Å². The molecule has 0 atom stereocenters. The molecule has 2 rings (SSSR count). The molecule has 0 saturated heterocycles. The van der Waals surface area contributed by atoms with Gasteiger partial charge in [0.2, 0.25) is 0 Å². The molecule has 0 aromatic heterocycles. The van der Waals surface area contributed by atoms with Gasteiger partial charge in [-0.3, -0.25) is 4.99 Å². The maximum Gasteiger partial charge on any atom is 0.306 e. The third-order valence-electron chi connectivity index (χ3n) is 4.20. The zero-order chi connectivity index (χ0) is 17.1. The summed E-state index contributed by atoms with van der Waals surface area (Å²) in [7, 11) is -3.50. The van der Waals surface area contributed by atoms with E-state index in [-0.39, 0.29) is 5.96 Å². The van der Waals surface area contributed by atoms with Crippen LogP contribution >= 0.6 is 0 Å². The van der Waals surface area contributed by atoms with Crippen LogP contribution in [0.1, 0.15) is 36.8 Å². The first-order chi connectivity index (χ1) is 10.7. The molecule has 0 aliphatic heterocycles. The first-order valence-electron chi connectivity index (χ1n) is 7.73. The fourth-order valence-electron chi connectivity index (χ4n) is 2.83. The standard InChI is InChI=1S/C16H25N3O3S/c1-12-9-13(11-14(10-12)22-23(2,20)21)3-4-16(5-6-16)7-8-19-15(17)18/h9-11H,3-8H2,1-2H3,(H4,17,18,19). The molecule has 4 N–H and O–H groups in total. The molecule has 1 saturated carbocycles. The van der Waals surface area contributed by atoms with Crippen molar-refractivity contribution in [1.82, 2.24) is 0 Å². The van der Waals surface area contributed by atoms with E-state index in [2.05, 4.69) is 11.1 Å². The van der Waals surface area contributed by atoms with Crippen molar-refractivity contribution in [3.05, 3.63) is 29.3 Å². The van der Waals surface area contributed by atoms with Gasteiger partial charge >= 0.3 is 10.1 Å². The lowest BCUT2D eigenvalue weighted by Gasteiger charge is -2.14. The van der Waals surface area contributed by atoms with Gasteiger partial charge in [0.1, 0.15) is 5.75 Å². The Balaban J connectivity index is 1.96. The van der Waals surface area contributed by atoms with E-state index in [1.54, 1.807) is 12.1 Å². The highest BCUT2D eigenvalue weighted by molar-refractivity contribution is 7.86. The molecule has 0 radical (unpaired) electrons. The molecule has 1 aromatic rings. The second-order valence-electron chi connectivity index (χ2n) is 6.50. The average Bonchev–Trinajstić information content (AvgIpc) is 3.14. The zero-order valence-electron chi connectivity index (χ0n) is 13.7. The van der Waals surface area contributed by atoms with Gasteiger partial charge in [-0.1, -0.05) is 6.07 Å². The third kappa shape index (κ3) is 6.09. The third-order valence-corrected chi connectivity index (χ3v) is 4.69. The highest BCUT2D eigenvalue weighted by Crippen LogP contribution is 2.52. The maximum atomic E-state index is 11.3. The molecule has 0 spiro atoms. The molecular weight excluding hydrogens is 314 g/mol. The van der Waals surface area contributed by atoms with Crippen molar-refractivity contribution in [2.75, 3.05) is 12.8 Å². The summed E-state index contributed by atoms with van der Waals surface area (Å²) in [6.45, 7) is 2.60. The lowest BCUT2D eigenvalue weighted by Crippen LogP contribution is -2.23. The lowest BCUT2D eigenvalue weighted by atomic mass is 9.93. The number of rotatable bonds is 8. The summed E-state index contributed by atoms with van der Waals surface area (Å²) in [4.78, 5) is 4.06. The van der Waals surface area contributed by atoms with Crippen molar-refractivity contribution in [3.8, 4) is 5.75 Å². The predicted molar refractivity (Wildman–Crippen MR) is 91.9 cm³/mol.